The van der Waals surface area contributed by atoms with Gasteiger partial charge in [-0.2, -0.15) is 0 Å². The fourth-order valence-electron chi connectivity index (χ4n) is 1.98. The monoisotopic (exact) mass is 272 g/mol. The van der Waals surface area contributed by atoms with Crippen molar-refractivity contribution in [3.63, 3.8) is 0 Å². The van der Waals surface area contributed by atoms with Crippen LogP contribution in [-0.2, 0) is 12.2 Å². The third-order valence-electron chi connectivity index (χ3n) is 3.08. The number of aliphatic hydroxyl groups is 1. The van der Waals surface area contributed by atoms with Crippen LogP contribution in [0.2, 0.25) is 0 Å². The molecular formula is C17H20O3. The summed E-state index contributed by atoms with van der Waals surface area (Å²) in [5, 5.41) is 10.3. The first-order valence-electron chi connectivity index (χ1n) is 6.58. The van der Waals surface area contributed by atoms with Crippen molar-refractivity contribution in [1.29, 1.82) is 0 Å². The van der Waals surface area contributed by atoms with Gasteiger partial charge >= 0.3 is 0 Å². The van der Waals surface area contributed by atoms with Gasteiger partial charge in [0.15, 0.2) is 0 Å². The average Bonchev–Trinajstić information content (AvgIpc) is 2.45. The summed E-state index contributed by atoms with van der Waals surface area (Å²) in [6, 6.07) is 15.4. The van der Waals surface area contributed by atoms with Gasteiger partial charge in [-0.3, -0.25) is 0 Å². The van der Waals surface area contributed by atoms with Crippen LogP contribution >= 0.6 is 0 Å². The second-order valence-electron chi connectivity index (χ2n) is 5.20. The molecule has 2 aromatic rings. The molecule has 3 heteroatoms. The minimum atomic E-state index is -0.986. The van der Waals surface area contributed by atoms with Crippen LogP contribution in [0.15, 0.2) is 48.5 Å². The Balaban J connectivity index is 2.23. The smallest absolute Gasteiger partial charge is 0.126 e. The van der Waals surface area contributed by atoms with Gasteiger partial charge in [0.05, 0.1) is 12.7 Å². The Morgan fingerprint density at radius 2 is 1.75 bits per heavy atom. The summed E-state index contributed by atoms with van der Waals surface area (Å²) in [4.78, 5) is 0. The van der Waals surface area contributed by atoms with Gasteiger partial charge in [-0.25, -0.2) is 0 Å². The molecule has 0 saturated carbocycles. The van der Waals surface area contributed by atoms with E-state index in [1.807, 2.05) is 42.5 Å². The number of ether oxygens (including phenoxy) is 2. The minimum Gasteiger partial charge on any atom is -0.497 e. The van der Waals surface area contributed by atoms with E-state index in [0.717, 1.165) is 5.56 Å². The number of hydrogen-bond donors (Lipinski definition) is 1. The van der Waals surface area contributed by atoms with Crippen molar-refractivity contribution < 1.29 is 14.6 Å². The SMILES string of the molecule is COc1ccc(OCc2ccccc2)c(C(C)(C)O)c1. The summed E-state index contributed by atoms with van der Waals surface area (Å²) < 4.78 is 11.0. The van der Waals surface area contributed by atoms with Crippen molar-refractivity contribution in [1.82, 2.24) is 0 Å². The molecule has 0 aliphatic rings. The lowest BCUT2D eigenvalue weighted by molar-refractivity contribution is 0.0741. The molecule has 0 aromatic heterocycles. The number of benzene rings is 2. The van der Waals surface area contributed by atoms with E-state index in [2.05, 4.69) is 0 Å². The third kappa shape index (κ3) is 3.52. The molecule has 20 heavy (non-hydrogen) atoms. The van der Waals surface area contributed by atoms with Crippen molar-refractivity contribution in [3.05, 3.63) is 59.7 Å². The van der Waals surface area contributed by atoms with Crippen molar-refractivity contribution in [3.8, 4) is 11.5 Å². The maximum atomic E-state index is 10.3. The van der Waals surface area contributed by atoms with Crippen molar-refractivity contribution in [2.24, 2.45) is 0 Å². The summed E-state index contributed by atoms with van der Waals surface area (Å²) in [5.41, 5.74) is 0.818. The molecular weight excluding hydrogens is 252 g/mol. The highest BCUT2D eigenvalue weighted by molar-refractivity contribution is 5.43. The van der Waals surface area contributed by atoms with E-state index >= 15 is 0 Å². The van der Waals surface area contributed by atoms with E-state index in [1.165, 1.54) is 0 Å². The van der Waals surface area contributed by atoms with E-state index in [1.54, 1.807) is 27.0 Å². The van der Waals surface area contributed by atoms with Crippen LogP contribution in [0.5, 0.6) is 11.5 Å². The molecule has 0 fully saturated rings. The zero-order valence-corrected chi connectivity index (χ0v) is 12.1. The maximum Gasteiger partial charge on any atom is 0.126 e. The fourth-order valence-corrected chi connectivity index (χ4v) is 1.98. The van der Waals surface area contributed by atoms with Gasteiger partial charge in [0.25, 0.3) is 0 Å². The Labute approximate surface area is 119 Å². The molecule has 0 bridgehead atoms. The Morgan fingerprint density at radius 1 is 1.05 bits per heavy atom. The Hall–Kier alpha value is -2.00. The lowest BCUT2D eigenvalue weighted by Gasteiger charge is -2.22. The molecule has 1 N–H and O–H groups in total. The number of methoxy groups -OCH3 is 1. The van der Waals surface area contributed by atoms with Gasteiger partial charge in [-0.1, -0.05) is 30.3 Å². The van der Waals surface area contributed by atoms with Gasteiger partial charge < -0.3 is 14.6 Å². The van der Waals surface area contributed by atoms with E-state index in [4.69, 9.17) is 9.47 Å². The largest absolute Gasteiger partial charge is 0.497 e. The van der Waals surface area contributed by atoms with E-state index in [-0.39, 0.29) is 0 Å². The van der Waals surface area contributed by atoms with Crippen LogP contribution in [-0.4, -0.2) is 12.2 Å². The van der Waals surface area contributed by atoms with Crippen molar-refractivity contribution in [2.45, 2.75) is 26.1 Å². The lowest BCUT2D eigenvalue weighted by Crippen LogP contribution is -2.17. The number of hydrogen-bond acceptors (Lipinski definition) is 3. The highest BCUT2D eigenvalue weighted by Gasteiger charge is 2.22. The lowest BCUT2D eigenvalue weighted by atomic mass is 9.97. The Morgan fingerprint density at radius 3 is 2.35 bits per heavy atom. The van der Waals surface area contributed by atoms with Gasteiger partial charge in [-0.15, -0.1) is 0 Å². The first-order valence-corrected chi connectivity index (χ1v) is 6.58. The highest BCUT2D eigenvalue weighted by Crippen LogP contribution is 2.33. The van der Waals surface area contributed by atoms with Gasteiger partial charge in [0.2, 0.25) is 0 Å². The molecule has 0 aliphatic heterocycles. The molecule has 0 atom stereocenters. The van der Waals surface area contributed by atoms with Gasteiger partial charge in [-0.05, 0) is 37.6 Å². The Bertz CT molecular complexity index is 556. The molecule has 3 nitrogen and oxygen atoms in total. The van der Waals surface area contributed by atoms with Crippen LogP contribution in [0, 0.1) is 0 Å². The molecule has 0 saturated heterocycles. The molecule has 0 unspecified atom stereocenters. The standard InChI is InChI=1S/C17H20O3/c1-17(2,18)15-11-14(19-3)9-10-16(15)20-12-13-7-5-4-6-8-13/h4-11,18H,12H2,1-3H3. The second-order valence-corrected chi connectivity index (χ2v) is 5.20. The summed E-state index contributed by atoms with van der Waals surface area (Å²) >= 11 is 0. The van der Waals surface area contributed by atoms with Crippen LogP contribution in [0.3, 0.4) is 0 Å². The normalized spacial score (nSPS) is 11.2. The predicted octanol–water partition coefficient (Wildman–Crippen LogP) is 3.50. The highest BCUT2D eigenvalue weighted by atomic mass is 16.5. The van der Waals surface area contributed by atoms with E-state index < -0.39 is 5.60 Å². The predicted molar refractivity (Wildman–Crippen MR) is 79.0 cm³/mol. The molecule has 0 spiro atoms. The molecule has 2 aromatic carbocycles. The third-order valence-corrected chi connectivity index (χ3v) is 3.08. The fraction of sp³-hybridized carbons (Fsp3) is 0.294. The van der Waals surface area contributed by atoms with Crippen LogP contribution < -0.4 is 9.47 Å². The first-order chi connectivity index (χ1) is 9.50. The first kappa shape index (κ1) is 14.4. The Kier molecular flexibility index (Phi) is 4.30. The quantitative estimate of drug-likeness (QED) is 0.905. The van der Waals surface area contributed by atoms with E-state index in [9.17, 15) is 5.11 Å². The van der Waals surface area contributed by atoms with Crippen LogP contribution in [0.25, 0.3) is 0 Å². The minimum absolute atomic E-state index is 0.469. The summed E-state index contributed by atoms with van der Waals surface area (Å²) in [6.45, 7) is 3.94. The summed E-state index contributed by atoms with van der Waals surface area (Å²) in [7, 11) is 1.61. The molecule has 0 heterocycles. The van der Waals surface area contributed by atoms with Gasteiger partial charge in [0.1, 0.15) is 18.1 Å². The summed E-state index contributed by atoms with van der Waals surface area (Å²) in [6.07, 6.45) is 0. The maximum absolute atomic E-state index is 10.3. The zero-order valence-electron chi connectivity index (χ0n) is 12.1. The molecule has 0 aliphatic carbocycles. The van der Waals surface area contributed by atoms with Crippen LogP contribution in [0.4, 0.5) is 0 Å². The molecule has 106 valence electrons. The van der Waals surface area contributed by atoms with Crippen LogP contribution in [0.1, 0.15) is 25.0 Å². The zero-order chi connectivity index (χ0) is 14.6. The molecule has 2 rings (SSSR count). The molecule has 0 amide bonds. The molecule has 0 radical (unpaired) electrons. The van der Waals surface area contributed by atoms with E-state index in [0.29, 0.717) is 23.7 Å². The van der Waals surface area contributed by atoms with Gasteiger partial charge in [0, 0.05) is 5.56 Å². The second kappa shape index (κ2) is 5.97. The summed E-state index contributed by atoms with van der Waals surface area (Å²) in [5.74, 6) is 1.37. The average molecular weight is 272 g/mol. The topological polar surface area (TPSA) is 38.7 Å². The number of rotatable bonds is 5. The van der Waals surface area contributed by atoms with Crippen molar-refractivity contribution >= 4 is 0 Å². The van der Waals surface area contributed by atoms with Crippen molar-refractivity contribution in [2.75, 3.05) is 7.11 Å².